The molecule has 0 aromatic carbocycles. The van der Waals surface area contributed by atoms with Gasteiger partial charge in [0.15, 0.2) is 0 Å². The van der Waals surface area contributed by atoms with E-state index in [-0.39, 0.29) is 0 Å². The van der Waals surface area contributed by atoms with Gasteiger partial charge in [0.05, 0.1) is 0 Å². The first-order chi connectivity index (χ1) is 6.34. The Morgan fingerprint density at radius 2 is 2.23 bits per heavy atom. The Bertz CT molecular complexity index is 229. The minimum absolute atomic E-state index is 0.778. The molecular formula is C12H19N. The van der Waals surface area contributed by atoms with E-state index in [2.05, 4.69) is 24.4 Å². The molecule has 72 valence electrons. The van der Waals surface area contributed by atoms with Crippen molar-refractivity contribution in [3.63, 3.8) is 0 Å². The summed E-state index contributed by atoms with van der Waals surface area (Å²) in [6.45, 7) is 2.36. The molecule has 13 heavy (non-hydrogen) atoms. The summed E-state index contributed by atoms with van der Waals surface area (Å²) in [4.78, 5) is 0. The molecule has 0 saturated heterocycles. The second-order valence-electron chi connectivity index (χ2n) is 5.14. The van der Waals surface area contributed by atoms with E-state index in [0.717, 1.165) is 29.8 Å². The van der Waals surface area contributed by atoms with Gasteiger partial charge in [0.25, 0.3) is 0 Å². The van der Waals surface area contributed by atoms with Crippen LogP contribution in [0.1, 0.15) is 32.6 Å². The molecule has 2 saturated carbocycles. The fourth-order valence-electron chi connectivity index (χ4n) is 2.98. The highest BCUT2D eigenvalue weighted by Gasteiger charge is 2.42. The van der Waals surface area contributed by atoms with Crippen LogP contribution < -0.4 is 5.32 Å². The average molecular weight is 177 g/mol. The first-order valence-corrected chi connectivity index (χ1v) is 5.77. The lowest BCUT2D eigenvalue weighted by Crippen LogP contribution is -2.51. The van der Waals surface area contributed by atoms with Crippen LogP contribution in [0.4, 0.5) is 0 Å². The quantitative estimate of drug-likeness (QED) is 0.652. The largest absolute Gasteiger partial charge is 0.311 e. The standard InChI is InChI=1S/C12H19N/c1-8(9-5-6-9)13-12-7-10-3-2-4-11(10)12/h2,4,8-13H,3,5-7H2,1H3. The van der Waals surface area contributed by atoms with Gasteiger partial charge in [-0.1, -0.05) is 12.2 Å². The highest BCUT2D eigenvalue weighted by Crippen LogP contribution is 2.43. The Labute approximate surface area is 80.6 Å². The molecule has 0 amide bonds. The van der Waals surface area contributed by atoms with Crippen LogP contribution in [0, 0.1) is 17.8 Å². The first kappa shape index (κ1) is 8.05. The highest BCUT2D eigenvalue weighted by atomic mass is 15.0. The summed E-state index contributed by atoms with van der Waals surface area (Å²) >= 11 is 0. The van der Waals surface area contributed by atoms with E-state index in [1.165, 1.54) is 25.7 Å². The van der Waals surface area contributed by atoms with E-state index in [0.29, 0.717) is 0 Å². The van der Waals surface area contributed by atoms with Crippen molar-refractivity contribution in [1.29, 1.82) is 0 Å². The van der Waals surface area contributed by atoms with Crippen LogP contribution in [-0.2, 0) is 0 Å². The molecule has 0 aliphatic heterocycles. The van der Waals surface area contributed by atoms with Crippen LogP contribution >= 0.6 is 0 Å². The van der Waals surface area contributed by atoms with E-state index in [1.807, 2.05) is 0 Å². The third kappa shape index (κ3) is 1.34. The molecule has 2 fully saturated rings. The Kier molecular flexibility index (Phi) is 1.76. The Morgan fingerprint density at radius 3 is 2.92 bits per heavy atom. The lowest BCUT2D eigenvalue weighted by atomic mass is 9.71. The zero-order chi connectivity index (χ0) is 8.84. The second-order valence-corrected chi connectivity index (χ2v) is 5.14. The number of nitrogens with one attached hydrogen (secondary N) is 1. The number of fused-ring (bicyclic) bond motifs is 1. The molecule has 1 heteroatoms. The maximum absolute atomic E-state index is 3.80. The van der Waals surface area contributed by atoms with Crippen LogP contribution in [0.3, 0.4) is 0 Å². The fourth-order valence-corrected chi connectivity index (χ4v) is 2.98. The predicted octanol–water partition coefficient (Wildman–Crippen LogP) is 2.34. The normalized spacial score (nSPS) is 44.2. The van der Waals surface area contributed by atoms with Crippen LogP contribution in [0.15, 0.2) is 12.2 Å². The van der Waals surface area contributed by atoms with Gasteiger partial charge in [-0.05, 0) is 50.4 Å². The van der Waals surface area contributed by atoms with Gasteiger partial charge >= 0.3 is 0 Å². The lowest BCUT2D eigenvalue weighted by molar-refractivity contribution is 0.148. The third-order valence-electron chi connectivity index (χ3n) is 4.17. The minimum atomic E-state index is 0.778. The smallest absolute Gasteiger partial charge is 0.0138 e. The van der Waals surface area contributed by atoms with Gasteiger partial charge in [-0.3, -0.25) is 0 Å². The van der Waals surface area contributed by atoms with Gasteiger partial charge in [-0.2, -0.15) is 0 Å². The van der Waals surface area contributed by atoms with Gasteiger partial charge in [0.1, 0.15) is 0 Å². The molecule has 3 aliphatic carbocycles. The van der Waals surface area contributed by atoms with E-state index in [9.17, 15) is 0 Å². The molecule has 0 aromatic heterocycles. The molecule has 3 aliphatic rings. The summed E-state index contributed by atoms with van der Waals surface area (Å²) in [7, 11) is 0. The maximum atomic E-state index is 3.80. The molecule has 0 heterocycles. The van der Waals surface area contributed by atoms with Crippen molar-refractivity contribution in [2.75, 3.05) is 0 Å². The summed E-state index contributed by atoms with van der Waals surface area (Å²) in [5, 5.41) is 3.80. The third-order valence-corrected chi connectivity index (χ3v) is 4.17. The van der Waals surface area contributed by atoms with Crippen molar-refractivity contribution in [3.05, 3.63) is 12.2 Å². The van der Waals surface area contributed by atoms with Crippen molar-refractivity contribution in [3.8, 4) is 0 Å². The van der Waals surface area contributed by atoms with Gasteiger partial charge in [-0.25, -0.2) is 0 Å². The summed E-state index contributed by atoms with van der Waals surface area (Å²) in [5.41, 5.74) is 0. The fraction of sp³-hybridized carbons (Fsp3) is 0.833. The summed E-state index contributed by atoms with van der Waals surface area (Å²) < 4.78 is 0. The van der Waals surface area contributed by atoms with E-state index < -0.39 is 0 Å². The van der Waals surface area contributed by atoms with Gasteiger partial charge in [0, 0.05) is 12.1 Å². The number of hydrogen-bond donors (Lipinski definition) is 1. The summed E-state index contributed by atoms with van der Waals surface area (Å²) in [5.74, 6) is 2.90. The summed E-state index contributed by atoms with van der Waals surface area (Å²) in [6.07, 6.45) is 10.5. The van der Waals surface area contributed by atoms with Crippen molar-refractivity contribution >= 4 is 0 Å². The van der Waals surface area contributed by atoms with Crippen LogP contribution in [0.5, 0.6) is 0 Å². The zero-order valence-corrected chi connectivity index (χ0v) is 8.37. The zero-order valence-electron chi connectivity index (χ0n) is 8.37. The van der Waals surface area contributed by atoms with E-state index >= 15 is 0 Å². The van der Waals surface area contributed by atoms with Crippen molar-refractivity contribution in [2.45, 2.75) is 44.7 Å². The van der Waals surface area contributed by atoms with Crippen LogP contribution in [-0.4, -0.2) is 12.1 Å². The van der Waals surface area contributed by atoms with Crippen molar-refractivity contribution in [1.82, 2.24) is 5.32 Å². The van der Waals surface area contributed by atoms with Crippen LogP contribution in [0.2, 0.25) is 0 Å². The lowest BCUT2D eigenvalue weighted by Gasteiger charge is -2.42. The highest BCUT2D eigenvalue weighted by molar-refractivity contribution is 5.13. The predicted molar refractivity (Wildman–Crippen MR) is 54.5 cm³/mol. The van der Waals surface area contributed by atoms with E-state index in [4.69, 9.17) is 0 Å². The molecule has 1 nitrogen and oxygen atoms in total. The molecule has 0 bridgehead atoms. The molecule has 0 radical (unpaired) electrons. The SMILES string of the molecule is CC(NC1CC2CC=CC21)C1CC1. The molecule has 3 rings (SSSR count). The molecule has 0 spiro atoms. The monoisotopic (exact) mass is 177 g/mol. The van der Waals surface area contributed by atoms with Crippen LogP contribution in [0.25, 0.3) is 0 Å². The average Bonchev–Trinajstić information content (AvgIpc) is 2.86. The molecule has 4 unspecified atom stereocenters. The number of hydrogen-bond acceptors (Lipinski definition) is 1. The topological polar surface area (TPSA) is 12.0 Å². The summed E-state index contributed by atoms with van der Waals surface area (Å²) in [6, 6.07) is 1.60. The molecule has 1 N–H and O–H groups in total. The Morgan fingerprint density at radius 1 is 1.38 bits per heavy atom. The number of allylic oxidation sites excluding steroid dienone is 1. The van der Waals surface area contributed by atoms with Crippen molar-refractivity contribution < 1.29 is 0 Å². The molecular weight excluding hydrogens is 158 g/mol. The van der Waals surface area contributed by atoms with Gasteiger partial charge in [0.2, 0.25) is 0 Å². The molecule has 0 aromatic rings. The van der Waals surface area contributed by atoms with Crippen molar-refractivity contribution in [2.24, 2.45) is 17.8 Å². The Hall–Kier alpha value is -0.300. The van der Waals surface area contributed by atoms with E-state index in [1.54, 1.807) is 0 Å². The minimum Gasteiger partial charge on any atom is -0.311 e. The second kappa shape index (κ2) is 2.84. The van der Waals surface area contributed by atoms with Gasteiger partial charge in [-0.15, -0.1) is 0 Å². The molecule has 4 atom stereocenters. The van der Waals surface area contributed by atoms with Gasteiger partial charge < -0.3 is 5.32 Å². The number of rotatable bonds is 3. The maximum Gasteiger partial charge on any atom is 0.0138 e. The Balaban J connectivity index is 1.53. The first-order valence-electron chi connectivity index (χ1n) is 5.77.